The van der Waals surface area contributed by atoms with Crippen molar-refractivity contribution < 1.29 is 4.42 Å². The summed E-state index contributed by atoms with van der Waals surface area (Å²) in [6.45, 7) is 40.4. The van der Waals surface area contributed by atoms with Crippen molar-refractivity contribution in [1.82, 2.24) is 0 Å². The number of anilines is 6. The van der Waals surface area contributed by atoms with Crippen LogP contribution in [0.2, 0.25) is 0 Å². The van der Waals surface area contributed by atoms with Gasteiger partial charge in [-0.1, -0.05) is 197 Å². The molecule has 4 aliphatic rings. The molecule has 3 heterocycles. The van der Waals surface area contributed by atoms with Crippen molar-refractivity contribution in [3.05, 3.63) is 172 Å². The van der Waals surface area contributed by atoms with Gasteiger partial charge < -0.3 is 14.2 Å². The van der Waals surface area contributed by atoms with E-state index in [2.05, 4.69) is 261 Å². The van der Waals surface area contributed by atoms with E-state index >= 15 is 0 Å². The highest BCUT2D eigenvalue weighted by atomic mass is 16.3. The summed E-state index contributed by atoms with van der Waals surface area (Å²) < 4.78 is 7.77. The van der Waals surface area contributed by atoms with Gasteiger partial charge in [-0.25, -0.2) is 0 Å². The van der Waals surface area contributed by atoms with Crippen molar-refractivity contribution in [3.8, 4) is 22.3 Å². The molecule has 388 valence electrons. The molecule has 0 atom stereocenters. The minimum atomic E-state index is -0.180. The first-order chi connectivity index (χ1) is 35.5. The number of nitrogens with zero attached hydrogens (tertiary/aromatic N) is 2. The molecule has 12 rings (SSSR count). The molecule has 4 heteroatoms. The lowest BCUT2D eigenvalue weighted by atomic mass is 9.35. The summed E-state index contributed by atoms with van der Waals surface area (Å²) in [5.41, 5.74) is 26.3. The highest BCUT2D eigenvalue weighted by Gasteiger charge is 2.50. The Kier molecular flexibility index (Phi) is 11.1. The van der Waals surface area contributed by atoms with Crippen molar-refractivity contribution in [2.75, 3.05) is 9.80 Å². The molecule has 0 N–H and O–H groups in total. The zero-order valence-corrected chi connectivity index (χ0v) is 48.9. The summed E-state index contributed by atoms with van der Waals surface area (Å²) in [5.74, 6) is 0. The average molecular weight is 1000 g/mol. The topological polar surface area (TPSA) is 19.6 Å². The van der Waals surface area contributed by atoms with E-state index in [1.807, 2.05) is 0 Å². The maximum Gasteiger partial charge on any atom is 0.297 e. The lowest BCUT2D eigenvalue weighted by Crippen LogP contribution is -2.61. The average Bonchev–Trinajstić information content (AvgIpc) is 3.89. The van der Waals surface area contributed by atoms with E-state index in [4.69, 9.17) is 4.42 Å². The SMILES string of the molecule is CC(C)(C)c1ccc(-c2cc(C(C)(C)C)ccc2N2c3cc4c(cc3B3c5oc6cc7c(cc6c5N(c5ccc(C(C)(C)C)cc5)c5cc(-c6ccccc6)cc2c53)C(C)(C)CCC7(C)C)C(C)(C)CCC4(C)C)cc1. The second kappa shape index (κ2) is 16.6. The molecule has 76 heavy (non-hydrogen) atoms. The molecule has 2 aliphatic heterocycles. The second-order valence-corrected chi connectivity index (χ2v) is 29.2. The van der Waals surface area contributed by atoms with Crippen LogP contribution in [0, 0.1) is 0 Å². The summed E-state index contributed by atoms with van der Waals surface area (Å²) in [6, 6.07) is 52.7. The van der Waals surface area contributed by atoms with Crippen LogP contribution in [-0.2, 0) is 37.9 Å². The van der Waals surface area contributed by atoms with Crippen LogP contribution >= 0.6 is 0 Å². The number of fused-ring (bicyclic) bond motifs is 8. The Morgan fingerprint density at radius 1 is 0.421 bits per heavy atom. The molecule has 0 saturated carbocycles. The molecule has 2 aliphatic carbocycles. The third-order valence-corrected chi connectivity index (χ3v) is 18.9. The van der Waals surface area contributed by atoms with E-state index in [0.717, 1.165) is 42.6 Å². The normalized spacial score (nSPS) is 17.9. The number of benzene rings is 7. The monoisotopic (exact) mass is 1000 g/mol. The molecule has 0 spiro atoms. The first kappa shape index (κ1) is 50.6. The Balaban J connectivity index is 1.25. The molecule has 0 unspecified atom stereocenters. The van der Waals surface area contributed by atoms with Crippen LogP contribution in [0.3, 0.4) is 0 Å². The van der Waals surface area contributed by atoms with Crippen LogP contribution < -0.4 is 26.4 Å². The standard InChI is InChI=1S/C72H81BN2O/c1-66(2,3)47-25-23-45(24-26-47)51-39-49(68(7,8)9)29-32-58(51)75-59-42-55-54(70(12,13)34-35-71(55,14)15)41-57(59)73-63-60(37-46(38-61(63)75)44-21-19-18-20-22-44)74(50-30-27-48(28-31-50)67(4,5)6)64-52-40-53-56(43-62(52)76-65(64)73)72(16,17)36-33-69(53,10)11/h18-32,37-43H,33-36H2,1-17H3. The van der Waals surface area contributed by atoms with Gasteiger partial charge in [0.05, 0.1) is 17.0 Å². The molecule has 7 aromatic carbocycles. The van der Waals surface area contributed by atoms with E-state index < -0.39 is 0 Å². The maximum absolute atomic E-state index is 7.77. The van der Waals surface area contributed by atoms with Crippen LogP contribution in [-0.4, -0.2) is 6.71 Å². The molecule has 3 nitrogen and oxygen atoms in total. The summed E-state index contributed by atoms with van der Waals surface area (Å²) in [7, 11) is 0. The highest BCUT2D eigenvalue weighted by Crippen LogP contribution is 2.55. The van der Waals surface area contributed by atoms with Crippen LogP contribution in [0.4, 0.5) is 34.1 Å². The Morgan fingerprint density at radius 3 is 1.46 bits per heavy atom. The van der Waals surface area contributed by atoms with Crippen molar-refractivity contribution >= 4 is 68.4 Å². The van der Waals surface area contributed by atoms with Gasteiger partial charge in [-0.3, -0.25) is 0 Å². The Morgan fingerprint density at radius 2 is 0.908 bits per heavy atom. The summed E-state index contributed by atoms with van der Waals surface area (Å²) in [4.78, 5) is 5.29. The molecule has 0 radical (unpaired) electrons. The lowest BCUT2D eigenvalue weighted by molar-refractivity contribution is 0.332. The number of hydrogen-bond acceptors (Lipinski definition) is 3. The van der Waals surface area contributed by atoms with Crippen molar-refractivity contribution in [3.63, 3.8) is 0 Å². The smallest absolute Gasteiger partial charge is 0.297 e. The number of rotatable bonds is 4. The van der Waals surface area contributed by atoms with Gasteiger partial charge >= 0.3 is 0 Å². The number of hydrogen-bond donors (Lipinski definition) is 0. The van der Waals surface area contributed by atoms with E-state index in [-0.39, 0.29) is 44.6 Å². The van der Waals surface area contributed by atoms with Crippen molar-refractivity contribution in [2.45, 2.75) is 181 Å². The molecular weight excluding hydrogens is 920 g/mol. The molecule has 0 saturated heterocycles. The fourth-order valence-electron chi connectivity index (χ4n) is 13.6. The van der Waals surface area contributed by atoms with E-state index in [0.29, 0.717) is 0 Å². The number of furan rings is 1. The summed E-state index contributed by atoms with van der Waals surface area (Å²) in [6.07, 6.45) is 4.56. The van der Waals surface area contributed by atoms with Crippen LogP contribution in [0.5, 0.6) is 0 Å². The molecule has 0 amide bonds. The first-order valence-electron chi connectivity index (χ1n) is 28.5. The van der Waals surface area contributed by atoms with Crippen molar-refractivity contribution in [1.29, 1.82) is 0 Å². The van der Waals surface area contributed by atoms with Gasteiger partial charge in [0.2, 0.25) is 0 Å². The van der Waals surface area contributed by atoms with E-state index in [1.54, 1.807) is 0 Å². The third kappa shape index (κ3) is 7.96. The first-order valence-corrected chi connectivity index (χ1v) is 28.5. The van der Waals surface area contributed by atoms with Gasteiger partial charge in [0.15, 0.2) is 0 Å². The van der Waals surface area contributed by atoms with Gasteiger partial charge in [-0.15, -0.1) is 0 Å². The fourth-order valence-corrected chi connectivity index (χ4v) is 13.6. The Bertz CT molecular complexity index is 3640. The maximum atomic E-state index is 7.77. The molecule has 1 aromatic heterocycles. The third-order valence-electron chi connectivity index (χ3n) is 18.9. The van der Waals surface area contributed by atoms with Gasteiger partial charge in [0.1, 0.15) is 5.58 Å². The van der Waals surface area contributed by atoms with Gasteiger partial charge in [0, 0.05) is 33.7 Å². The zero-order chi connectivity index (χ0) is 54.0. The van der Waals surface area contributed by atoms with Crippen LogP contribution in [0.25, 0.3) is 33.2 Å². The van der Waals surface area contributed by atoms with E-state index in [1.165, 1.54) is 106 Å². The van der Waals surface area contributed by atoms with Gasteiger partial charge in [0.25, 0.3) is 6.71 Å². The van der Waals surface area contributed by atoms with Crippen LogP contribution in [0.1, 0.15) is 182 Å². The van der Waals surface area contributed by atoms with E-state index in [9.17, 15) is 0 Å². The molecule has 0 bridgehead atoms. The minimum absolute atomic E-state index is 0.00185. The zero-order valence-electron chi connectivity index (χ0n) is 48.9. The second-order valence-electron chi connectivity index (χ2n) is 29.2. The summed E-state index contributed by atoms with van der Waals surface area (Å²) in [5, 5.41) is 1.19. The lowest BCUT2D eigenvalue weighted by Gasteiger charge is -2.47. The molecule has 0 fully saturated rings. The van der Waals surface area contributed by atoms with Crippen LogP contribution in [0.15, 0.2) is 138 Å². The molecular formula is C72H81BN2O. The Hall–Kier alpha value is -6.26. The highest BCUT2D eigenvalue weighted by molar-refractivity contribution is 7.00. The molecule has 8 aromatic rings. The largest absolute Gasteiger partial charge is 0.468 e. The van der Waals surface area contributed by atoms with Crippen molar-refractivity contribution in [2.24, 2.45) is 0 Å². The van der Waals surface area contributed by atoms with Gasteiger partial charge in [-0.05, 0) is 185 Å². The minimum Gasteiger partial charge on any atom is -0.468 e. The predicted octanol–water partition coefficient (Wildman–Crippen LogP) is 18.4. The summed E-state index contributed by atoms with van der Waals surface area (Å²) >= 11 is 0. The van der Waals surface area contributed by atoms with Gasteiger partial charge in [-0.2, -0.15) is 0 Å². The fraction of sp³-hybridized carbons (Fsp3) is 0.389. The quantitative estimate of drug-likeness (QED) is 0.164. The Labute approximate surface area is 456 Å². The predicted molar refractivity (Wildman–Crippen MR) is 328 cm³/mol.